The maximum absolute atomic E-state index is 9.98. The van der Waals surface area contributed by atoms with Gasteiger partial charge in [0, 0.05) is 43.6 Å². The molecule has 1 aromatic rings. The molecule has 9 heteroatoms. The van der Waals surface area contributed by atoms with Crippen LogP contribution in [0.4, 0.5) is 0 Å². The quantitative estimate of drug-likeness (QED) is 0.509. The van der Waals surface area contributed by atoms with E-state index in [4.69, 9.17) is 4.74 Å². The van der Waals surface area contributed by atoms with Crippen molar-refractivity contribution >= 4 is 42.2 Å². The highest BCUT2D eigenvalue weighted by Crippen LogP contribution is 2.00. The second-order valence-electron chi connectivity index (χ2n) is 5.17. The van der Waals surface area contributed by atoms with E-state index >= 15 is 0 Å². The number of hydrogen-bond donors (Lipinski definition) is 1. The molecule has 1 saturated heterocycles. The molecule has 1 aliphatic rings. The van der Waals surface area contributed by atoms with E-state index in [0.717, 1.165) is 39.4 Å². The second-order valence-corrected chi connectivity index (χ2v) is 6.41. The molecule has 0 aromatic heterocycles. The molecule has 1 aromatic carbocycles. The molecule has 145 valence electrons. The Hall–Kier alpha value is -1.17. The van der Waals surface area contributed by atoms with E-state index in [1.54, 1.807) is 0 Å². The van der Waals surface area contributed by atoms with E-state index in [0.29, 0.717) is 7.69 Å². The fourth-order valence-electron chi connectivity index (χ4n) is 1.67. The summed E-state index contributed by atoms with van der Waals surface area (Å²) >= 11 is 2.28. The van der Waals surface area contributed by atoms with Crippen molar-refractivity contribution < 1.29 is 23.6 Å². The number of nitrogens with zero attached hydrogens (tertiary/aromatic N) is 1. The van der Waals surface area contributed by atoms with Gasteiger partial charge in [-0.3, -0.25) is 14.5 Å². The Morgan fingerprint density at radius 1 is 1.15 bits per heavy atom. The van der Waals surface area contributed by atoms with Gasteiger partial charge in [-0.1, -0.05) is 18.2 Å². The minimum absolute atomic E-state index is 0.517. The molecular formula is C17H27BIN2O5. The van der Waals surface area contributed by atoms with Crippen molar-refractivity contribution in [2.45, 2.75) is 13.8 Å². The van der Waals surface area contributed by atoms with E-state index in [1.807, 2.05) is 25.2 Å². The molecule has 0 bridgehead atoms. The van der Waals surface area contributed by atoms with Gasteiger partial charge in [0.2, 0.25) is 0 Å². The number of morpholine rings is 1. The topological polar surface area (TPSA) is 77.1 Å². The maximum atomic E-state index is 9.98. The number of likely N-dealkylation sites (N-methyl/N-ethyl adjacent to an activating group) is 1. The normalized spacial score (nSPS) is 13.2. The van der Waals surface area contributed by atoms with Crippen LogP contribution < -0.4 is 5.32 Å². The van der Waals surface area contributed by atoms with Crippen LogP contribution in [0.5, 0.6) is 0 Å². The Morgan fingerprint density at radius 3 is 2.08 bits per heavy atom. The molecule has 1 heterocycles. The smallest absolute Gasteiger partial charge is 0.500 e. The summed E-state index contributed by atoms with van der Waals surface area (Å²) in [7, 11) is 2.69. The molecule has 2 rings (SSSR count). The molecule has 26 heavy (non-hydrogen) atoms. The van der Waals surface area contributed by atoms with Gasteiger partial charge in [0.1, 0.15) is 0 Å². The van der Waals surface area contributed by atoms with Gasteiger partial charge in [0.15, 0.2) is 0 Å². The van der Waals surface area contributed by atoms with Crippen LogP contribution in [0.2, 0.25) is 0 Å². The fourth-order valence-corrected chi connectivity index (χ4v) is 2.08. The van der Waals surface area contributed by atoms with Gasteiger partial charge in [-0.15, -0.1) is 0 Å². The highest BCUT2D eigenvalue weighted by molar-refractivity contribution is 14.1. The predicted octanol–water partition coefficient (Wildman–Crippen LogP) is 1.48. The van der Waals surface area contributed by atoms with Gasteiger partial charge in [-0.25, -0.2) is 0 Å². The molecule has 0 spiro atoms. The molecule has 1 N–H and O–H groups in total. The van der Waals surface area contributed by atoms with Crippen molar-refractivity contribution in [3.63, 3.8) is 0 Å². The summed E-state index contributed by atoms with van der Waals surface area (Å²) in [5.41, 5.74) is 0. The summed E-state index contributed by atoms with van der Waals surface area (Å²) in [5.74, 6) is -1.03. The molecule has 0 atom stereocenters. The number of benzene rings is 1. The van der Waals surface area contributed by atoms with Crippen LogP contribution in [0.1, 0.15) is 13.8 Å². The summed E-state index contributed by atoms with van der Waals surface area (Å²) in [6, 6.07) is 10.2. The Balaban J connectivity index is 0.000000366. The summed E-state index contributed by atoms with van der Waals surface area (Å²) in [4.78, 5) is 22.4. The van der Waals surface area contributed by atoms with E-state index < -0.39 is 11.9 Å². The zero-order chi connectivity index (χ0) is 19.6. The van der Waals surface area contributed by atoms with Crippen LogP contribution >= 0.6 is 22.6 Å². The SMILES string of the molecule is CC(=O)O[B]OC(C)=O.CNCCN1CCOCC1.Ic1ccccc1. The largest absolute Gasteiger partial charge is 0.662 e. The van der Waals surface area contributed by atoms with Crippen LogP contribution in [0.25, 0.3) is 0 Å². The van der Waals surface area contributed by atoms with Crippen molar-refractivity contribution in [1.82, 2.24) is 10.2 Å². The molecule has 0 amide bonds. The minimum atomic E-state index is -0.517. The minimum Gasteiger partial charge on any atom is -0.500 e. The van der Waals surface area contributed by atoms with Crippen LogP contribution in [0, 0.1) is 3.57 Å². The standard InChI is InChI=1S/C7H16N2O.C6H5I.C4H6BO4/c1-8-2-3-9-4-6-10-7-5-9;7-6-4-2-1-3-5-6;1-3(6)8-5-9-4(2)7/h8H,2-7H2,1H3;1-5H;1-2H3. The fraction of sp³-hybridized carbons (Fsp3) is 0.529. The number of rotatable bonds is 5. The van der Waals surface area contributed by atoms with Crippen molar-refractivity contribution in [2.75, 3.05) is 46.4 Å². The van der Waals surface area contributed by atoms with Crippen LogP contribution in [0.15, 0.2) is 30.3 Å². The van der Waals surface area contributed by atoms with Crippen molar-refractivity contribution in [2.24, 2.45) is 0 Å². The third-order valence-electron chi connectivity index (χ3n) is 2.94. The van der Waals surface area contributed by atoms with E-state index in [1.165, 1.54) is 17.4 Å². The summed E-state index contributed by atoms with van der Waals surface area (Å²) < 4.78 is 14.8. The predicted molar refractivity (Wildman–Crippen MR) is 110 cm³/mol. The van der Waals surface area contributed by atoms with Gasteiger partial charge in [-0.05, 0) is 41.8 Å². The lowest BCUT2D eigenvalue weighted by Crippen LogP contribution is -2.39. The Morgan fingerprint density at radius 2 is 1.69 bits per heavy atom. The van der Waals surface area contributed by atoms with Crippen molar-refractivity contribution in [3.05, 3.63) is 33.9 Å². The van der Waals surface area contributed by atoms with Gasteiger partial charge in [0.25, 0.3) is 11.9 Å². The highest BCUT2D eigenvalue weighted by Gasteiger charge is 2.08. The van der Waals surface area contributed by atoms with Crippen LogP contribution in [-0.4, -0.2) is 71.0 Å². The monoisotopic (exact) mass is 477 g/mol. The molecule has 7 nitrogen and oxygen atoms in total. The molecule has 0 saturated carbocycles. The second kappa shape index (κ2) is 17.3. The number of ether oxygens (including phenoxy) is 1. The molecule has 1 fully saturated rings. The zero-order valence-electron chi connectivity index (χ0n) is 15.6. The maximum Gasteiger partial charge on any atom is 0.662 e. The third-order valence-corrected chi connectivity index (χ3v) is 3.66. The number of nitrogens with one attached hydrogen (secondary N) is 1. The highest BCUT2D eigenvalue weighted by atomic mass is 127. The zero-order valence-corrected chi connectivity index (χ0v) is 17.7. The van der Waals surface area contributed by atoms with E-state index in [2.05, 4.69) is 54.2 Å². The average Bonchev–Trinajstić information content (AvgIpc) is 2.62. The molecule has 0 unspecified atom stereocenters. The van der Waals surface area contributed by atoms with Gasteiger partial charge in [0.05, 0.1) is 13.2 Å². The lowest BCUT2D eigenvalue weighted by Gasteiger charge is -2.26. The Bertz CT molecular complexity index is 473. The van der Waals surface area contributed by atoms with Crippen LogP contribution in [-0.2, 0) is 23.6 Å². The Labute approximate surface area is 170 Å². The molecular weight excluding hydrogens is 450 g/mol. The Kier molecular flexibility index (Phi) is 16.5. The first-order valence-corrected chi connectivity index (χ1v) is 9.35. The van der Waals surface area contributed by atoms with Gasteiger partial charge >= 0.3 is 7.69 Å². The lowest BCUT2D eigenvalue weighted by molar-refractivity contribution is -0.136. The van der Waals surface area contributed by atoms with E-state index in [9.17, 15) is 9.59 Å². The number of carbonyl (C=O) groups is 2. The average molecular weight is 477 g/mol. The van der Waals surface area contributed by atoms with Crippen molar-refractivity contribution in [1.29, 1.82) is 0 Å². The first kappa shape index (κ1) is 24.8. The van der Waals surface area contributed by atoms with Gasteiger partial charge < -0.3 is 19.4 Å². The molecule has 0 aliphatic carbocycles. The van der Waals surface area contributed by atoms with Crippen LogP contribution in [0.3, 0.4) is 0 Å². The summed E-state index contributed by atoms with van der Waals surface area (Å²) in [6.07, 6.45) is 0. The van der Waals surface area contributed by atoms with Crippen molar-refractivity contribution in [3.8, 4) is 0 Å². The lowest BCUT2D eigenvalue weighted by atomic mass is 10.4. The molecule has 1 radical (unpaired) electrons. The molecule has 1 aliphatic heterocycles. The summed E-state index contributed by atoms with van der Waals surface area (Å²) in [6.45, 7) is 8.66. The van der Waals surface area contributed by atoms with E-state index in [-0.39, 0.29) is 0 Å². The first-order valence-electron chi connectivity index (χ1n) is 8.27. The number of hydrogen-bond acceptors (Lipinski definition) is 7. The number of carbonyl (C=O) groups excluding carboxylic acids is 2. The van der Waals surface area contributed by atoms with Gasteiger partial charge in [-0.2, -0.15) is 0 Å². The summed E-state index contributed by atoms with van der Waals surface area (Å²) in [5, 5.41) is 3.13. The number of halogens is 1. The first-order chi connectivity index (χ1) is 12.5. The third kappa shape index (κ3) is 17.7.